The third-order valence-electron chi connectivity index (χ3n) is 2.25. The van der Waals surface area contributed by atoms with Crippen molar-refractivity contribution in [2.75, 3.05) is 23.8 Å². The Morgan fingerprint density at radius 3 is 2.75 bits per heavy atom. The predicted octanol–water partition coefficient (Wildman–Crippen LogP) is 1.31. The molecular weight excluding hydrogens is 228 g/mol. The van der Waals surface area contributed by atoms with Gasteiger partial charge in [-0.05, 0) is 20.3 Å². The van der Waals surface area contributed by atoms with E-state index in [-0.39, 0.29) is 18.5 Å². The summed E-state index contributed by atoms with van der Waals surface area (Å²) in [7, 11) is 0. The van der Waals surface area contributed by atoms with Crippen LogP contribution in [0.3, 0.4) is 0 Å². The Kier molecular flexibility index (Phi) is 4.76. The van der Waals surface area contributed by atoms with Crippen molar-refractivity contribution in [3.8, 4) is 0 Å². The van der Waals surface area contributed by atoms with Crippen LogP contribution >= 0.6 is 11.6 Å². The van der Waals surface area contributed by atoms with Gasteiger partial charge in [0.05, 0.1) is 0 Å². The maximum atomic E-state index is 8.85. The van der Waals surface area contributed by atoms with Crippen molar-refractivity contribution in [1.29, 1.82) is 0 Å². The Hall–Kier alpha value is -1.07. The molecule has 16 heavy (non-hydrogen) atoms. The first-order valence-corrected chi connectivity index (χ1v) is 5.59. The van der Waals surface area contributed by atoms with Crippen molar-refractivity contribution in [2.45, 2.75) is 26.3 Å². The minimum Gasteiger partial charge on any atom is -0.396 e. The van der Waals surface area contributed by atoms with Crippen molar-refractivity contribution in [1.82, 2.24) is 9.97 Å². The molecule has 0 amide bonds. The van der Waals surface area contributed by atoms with Crippen LogP contribution in [0.4, 0.5) is 11.6 Å². The minimum absolute atomic E-state index is 0.140. The number of hydrogen-bond donors (Lipinski definition) is 2. The molecule has 0 saturated heterocycles. The Morgan fingerprint density at radius 2 is 2.19 bits per heavy atom. The van der Waals surface area contributed by atoms with Gasteiger partial charge in [0.25, 0.3) is 0 Å². The highest BCUT2D eigenvalue weighted by molar-refractivity contribution is 6.35. The van der Waals surface area contributed by atoms with E-state index in [0.29, 0.717) is 23.8 Å². The summed E-state index contributed by atoms with van der Waals surface area (Å²) in [6.07, 6.45) is 2.06. The summed E-state index contributed by atoms with van der Waals surface area (Å²) in [6.45, 7) is 4.89. The Balaban J connectivity index is 2.96. The van der Waals surface area contributed by atoms with E-state index >= 15 is 0 Å². The standard InChI is InChI=1S/C10H17ClN4O/c1-7(2)15(4-3-5-16)10-8(11)9(12)13-6-14-10/h6-7,16H,3-5H2,1-2H3,(H2,12,13,14). The number of nitrogens with zero attached hydrogens (tertiary/aromatic N) is 3. The number of halogens is 1. The highest BCUT2D eigenvalue weighted by Gasteiger charge is 2.16. The van der Waals surface area contributed by atoms with Gasteiger partial charge >= 0.3 is 0 Å². The van der Waals surface area contributed by atoms with Crippen LogP contribution in [0.15, 0.2) is 6.33 Å². The molecule has 0 radical (unpaired) electrons. The van der Waals surface area contributed by atoms with E-state index in [9.17, 15) is 0 Å². The SMILES string of the molecule is CC(C)N(CCCO)c1ncnc(N)c1Cl. The Bertz CT molecular complexity index is 346. The second-order valence-electron chi connectivity index (χ2n) is 3.76. The Labute approximate surface area is 100 Å². The first-order chi connectivity index (χ1) is 7.57. The quantitative estimate of drug-likeness (QED) is 0.817. The topological polar surface area (TPSA) is 75.3 Å². The molecule has 1 heterocycles. The lowest BCUT2D eigenvalue weighted by Gasteiger charge is -2.28. The number of aromatic nitrogens is 2. The van der Waals surface area contributed by atoms with Gasteiger partial charge in [-0.1, -0.05) is 11.6 Å². The summed E-state index contributed by atoms with van der Waals surface area (Å²) >= 11 is 6.06. The van der Waals surface area contributed by atoms with E-state index < -0.39 is 0 Å². The molecule has 1 rings (SSSR count). The molecule has 1 aromatic heterocycles. The summed E-state index contributed by atoms with van der Waals surface area (Å²) in [6, 6.07) is 0.235. The molecule has 0 aromatic carbocycles. The molecule has 0 unspecified atom stereocenters. The average Bonchev–Trinajstić information content (AvgIpc) is 2.24. The van der Waals surface area contributed by atoms with E-state index in [1.54, 1.807) is 0 Å². The highest BCUT2D eigenvalue weighted by atomic mass is 35.5. The number of nitrogens with two attached hydrogens (primary N) is 1. The van der Waals surface area contributed by atoms with Crippen LogP contribution in [-0.2, 0) is 0 Å². The van der Waals surface area contributed by atoms with Crippen LogP contribution in [0.25, 0.3) is 0 Å². The third-order valence-corrected chi connectivity index (χ3v) is 2.61. The van der Waals surface area contributed by atoms with Gasteiger partial charge in [0, 0.05) is 19.2 Å². The van der Waals surface area contributed by atoms with Crippen LogP contribution in [-0.4, -0.2) is 34.3 Å². The maximum absolute atomic E-state index is 8.85. The van der Waals surface area contributed by atoms with E-state index in [1.165, 1.54) is 6.33 Å². The van der Waals surface area contributed by atoms with E-state index in [2.05, 4.69) is 9.97 Å². The molecule has 5 nitrogen and oxygen atoms in total. The van der Waals surface area contributed by atoms with Gasteiger partial charge in [0.1, 0.15) is 17.2 Å². The van der Waals surface area contributed by atoms with Crippen molar-refractivity contribution < 1.29 is 5.11 Å². The second kappa shape index (κ2) is 5.86. The van der Waals surface area contributed by atoms with E-state index in [0.717, 1.165) is 0 Å². The molecule has 3 N–H and O–H groups in total. The molecule has 0 aliphatic rings. The van der Waals surface area contributed by atoms with Crippen LogP contribution < -0.4 is 10.6 Å². The molecule has 0 aliphatic carbocycles. The molecule has 0 bridgehead atoms. The lowest BCUT2D eigenvalue weighted by atomic mass is 10.3. The molecule has 0 saturated carbocycles. The van der Waals surface area contributed by atoms with Crippen molar-refractivity contribution in [3.05, 3.63) is 11.3 Å². The fraction of sp³-hybridized carbons (Fsp3) is 0.600. The van der Waals surface area contributed by atoms with Gasteiger partial charge in [-0.3, -0.25) is 0 Å². The average molecular weight is 245 g/mol. The van der Waals surface area contributed by atoms with E-state index in [1.807, 2.05) is 18.7 Å². The number of anilines is 2. The number of rotatable bonds is 5. The van der Waals surface area contributed by atoms with Crippen LogP contribution in [0.5, 0.6) is 0 Å². The van der Waals surface area contributed by atoms with Crippen LogP contribution in [0.1, 0.15) is 20.3 Å². The van der Waals surface area contributed by atoms with Gasteiger partial charge in [-0.15, -0.1) is 0 Å². The van der Waals surface area contributed by atoms with Gasteiger partial charge in [0.15, 0.2) is 5.82 Å². The number of aliphatic hydroxyl groups excluding tert-OH is 1. The third kappa shape index (κ3) is 2.96. The first-order valence-electron chi connectivity index (χ1n) is 5.21. The zero-order valence-electron chi connectivity index (χ0n) is 9.52. The zero-order chi connectivity index (χ0) is 12.1. The lowest BCUT2D eigenvalue weighted by molar-refractivity contribution is 0.288. The number of nitrogen functional groups attached to an aromatic ring is 1. The second-order valence-corrected chi connectivity index (χ2v) is 4.14. The fourth-order valence-corrected chi connectivity index (χ4v) is 1.63. The van der Waals surface area contributed by atoms with Crippen LogP contribution in [0.2, 0.25) is 5.02 Å². The lowest BCUT2D eigenvalue weighted by Crippen LogP contribution is -2.33. The van der Waals surface area contributed by atoms with Gasteiger partial charge < -0.3 is 15.7 Å². The number of hydrogen-bond acceptors (Lipinski definition) is 5. The van der Waals surface area contributed by atoms with Crippen LogP contribution in [0, 0.1) is 0 Å². The molecule has 1 aromatic rings. The van der Waals surface area contributed by atoms with Gasteiger partial charge in [-0.2, -0.15) is 0 Å². The molecule has 0 atom stereocenters. The summed E-state index contributed by atoms with van der Waals surface area (Å²) in [5, 5.41) is 9.22. The molecule has 0 aliphatic heterocycles. The minimum atomic E-state index is 0.140. The summed E-state index contributed by atoms with van der Waals surface area (Å²) in [5.41, 5.74) is 5.63. The van der Waals surface area contributed by atoms with E-state index in [4.69, 9.17) is 22.4 Å². The summed E-state index contributed by atoms with van der Waals surface area (Å²) < 4.78 is 0. The Morgan fingerprint density at radius 1 is 1.50 bits per heavy atom. The fourth-order valence-electron chi connectivity index (χ4n) is 1.42. The number of aliphatic hydroxyl groups is 1. The summed E-state index contributed by atoms with van der Waals surface area (Å²) in [4.78, 5) is 9.95. The molecule has 0 spiro atoms. The molecule has 90 valence electrons. The molecule has 6 heteroatoms. The van der Waals surface area contributed by atoms with Crippen molar-refractivity contribution in [3.63, 3.8) is 0 Å². The summed E-state index contributed by atoms with van der Waals surface area (Å²) in [5.74, 6) is 0.902. The maximum Gasteiger partial charge on any atom is 0.153 e. The van der Waals surface area contributed by atoms with Crippen molar-refractivity contribution >= 4 is 23.2 Å². The van der Waals surface area contributed by atoms with Gasteiger partial charge in [0.2, 0.25) is 0 Å². The molecule has 0 fully saturated rings. The van der Waals surface area contributed by atoms with Gasteiger partial charge in [-0.25, -0.2) is 9.97 Å². The zero-order valence-corrected chi connectivity index (χ0v) is 10.3. The monoisotopic (exact) mass is 244 g/mol. The molecular formula is C10H17ClN4O. The largest absolute Gasteiger partial charge is 0.396 e. The van der Waals surface area contributed by atoms with Crippen molar-refractivity contribution in [2.24, 2.45) is 0 Å². The normalized spacial score (nSPS) is 10.8. The first kappa shape index (κ1) is 13.0. The predicted molar refractivity (Wildman–Crippen MR) is 65.6 cm³/mol. The highest BCUT2D eigenvalue weighted by Crippen LogP contribution is 2.28. The smallest absolute Gasteiger partial charge is 0.153 e.